The lowest BCUT2D eigenvalue weighted by Gasteiger charge is -2.45. The number of anilines is 1. The third-order valence-electron chi connectivity index (χ3n) is 3.21. The fourth-order valence-corrected chi connectivity index (χ4v) is 2.20. The molecule has 0 aliphatic carbocycles. The monoisotopic (exact) mass is 262 g/mol. The van der Waals surface area contributed by atoms with E-state index in [-0.39, 0.29) is 0 Å². The summed E-state index contributed by atoms with van der Waals surface area (Å²) in [6, 6.07) is 1.68. The van der Waals surface area contributed by atoms with E-state index in [1.165, 1.54) is 0 Å². The summed E-state index contributed by atoms with van der Waals surface area (Å²) < 4.78 is 6.63. The summed E-state index contributed by atoms with van der Waals surface area (Å²) >= 11 is 0. The van der Waals surface area contributed by atoms with E-state index in [9.17, 15) is 5.11 Å². The number of aliphatic hydroxyl groups is 1. The summed E-state index contributed by atoms with van der Waals surface area (Å²) in [7, 11) is 3.31. The van der Waals surface area contributed by atoms with E-state index < -0.39 is 5.60 Å². The SMILES string of the molecule is COc1ccnc(N2CC(O)(c3cnnn3C)C2)n1. The van der Waals surface area contributed by atoms with Crippen LogP contribution in [-0.4, -0.2) is 50.3 Å². The van der Waals surface area contributed by atoms with E-state index in [2.05, 4.69) is 20.3 Å². The van der Waals surface area contributed by atoms with Crippen LogP contribution in [0.4, 0.5) is 5.95 Å². The lowest BCUT2D eigenvalue weighted by molar-refractivity contribution is -0.00106. The van der Waals surface area contributed by atoms with Gasteiger partial charge in [-0.2, -0.15) is 4.98 Å². The van der Waals surface area contributed by atoms with E-state index >= 15 is 0 Å². The van der Waals surface area contributed by atoms with Crippen molar-refractivity contribution in [3.8, 4) is 5.88 Å². The standard InChI is InChI=1S/C11H14N6O2/c1-16-8(5-13-15-16)11(18)6-17(7-11)10-12-4-3-9(14-10)19-2/h3-5,18H,6-7H2,1-2H3. The van der Waals surface area contributed by atoms with Crippen molar-refractivity contribution in [1.82, 2.24) is 25.0 Å². The van der Waals surface area contributed by atoms with Crippen LogP contribution in [0.2, 0.25) is 0 Å². The van der Waals surface area contributed by atoms with Gasteiger partial charge in [0, 0.05) is 19.3 Å². The summed E-state index contributed by atoms with van der Waals surface area (Å²) in [5.74, 6) is 1.04. The Kier molecular flexibility index (Phi) is 2.59. The van der Waals surface area contributed by atoms with Crippen molar-refractivity contribution in [1.29, 1.82) is 0 Å². The van der Waals surface area contributed by atoms with Crippen LogP contribution in [0.25, 0.3) is 0 Å². The molecule has 0 atom stereocenters. The molecule has 19 heavy (non-hydrogen) atoms. The van der Waals surface area contributed by atoms with E-state index in [1.807, 2.05) is 4.90 Å². The van der Waals surface area contributed by atoms with Crippen molar-refractivity contribution in [2.24, 2.45) is 7.05 Å². The maximum atomic E-state index is 10.5. The molecule has 0 saturated carbocycles. The molecule has 3 rings (SSSR count). The highest BCUT2D eigenvalue weighted by atomic mass is 16.5. The number of hydrogen-bond donors (Lipinski definition) is 1. The van der Waals surface area contributed by atoms with Crippen LogP contribution in [-0.2, 0) is 12.6 Å². The lowest BCUT2D eigenvalue weighted by atomic mass is 9.91. The molecule has 8 nitrogen and oxygen atoms in total. The van der Waals surface area contributed by atoms with Crippen molar-refractivity contribution in [2.45, 2.75) is 5.60 Å². The molecule has 1 aliphatic heterocycles. The van der Waals surface area contributed by atoms with E-state index in [0.29, 0.717) is 30.6 Å². The van der Waals surface area contributed by atoms with Crippen LogP contribution in [0.3, 0.4) is 0 Å². The number of aromatic nitrogens is 5. The highest BCUT2D eigenvalue weighted by Gasteiger charge is 2.46. The Morgan fingerprint density at radius 3 is 2.84 bits per heavy atom. The van der Waals surface area contributed by atoms with Crippen molar-refractivity contribution in [3.63, 3.8) is 0 Å². The molecule has 0 aromatic carbocycles. The number of rotatable bonds is 3. The minimum Gasteiger partial charge on any atom is -0.481 e. The van der Waals surface area contributed by atoms with Crippen LogP contribution >= 0.6 is 0 Å². The third kappa shape index (κ3) is 1.89. The van der Waals surface area contributed by atoms with Gasteiger partial charge >= 0.3 is 0 Å². The second kappa shape index (κ2) is 4.16. The number of hydrogen-bond acceptors (Lipinski definition) is 7. The summed E-state index contributed by atoms with van der Waals surface area (Å²) in [5.41, 5.74) is -0.267. The van der Waals surface area contributed by atoms with Gasteiger partial charge in [-0.15, -0.1) is 5.10 Å². The molecule has 1 aliphatic rings. The molecule has 1 fully saturated rings. The minimum atomic E-state index is -0.954. The Hall–Kier alpha value is -2.22. The van der Waals surface area contributed by atoms with Crippen molar-refractivity contribution >= 4 is 5.95 Å². The van der Waals surface area contributed by atoms with Gasteiger partial charge in [-0.25, -0.2) is 9.67 Å². The number of β-amino-alcohol motifs (C(OH)–C–C–N with tert-alkyl or cyclic N) is 1. The van der Waals surface area contributed by atoms with Crippen LogP contribution in [0, 0.1) is 0 Å². The van der Waals surface area contributed by atoms with Gasteiger partial charge in [0.2, 0.25) is 11.8 Å². The molecular formula is C11H14N6O2. The second-order valence-electron chi connectivity index (χ2n) is 4.53. The quantitative estimate of drug-likeness (QED) is 0.784. The minimum absolute atomic E-state index is 0.404. The van der Waals surface area contributed by atoms with Gasteiger partial charge in [-0.05, 0) is 0 Å². The predicted octanol–water partition coefficient (Wildman–Crippen LogP) is -0.679. The first-order chi connectivity index (χ1) is 9.12. The second-order valence-corrected chi connectivity index (χ2v) is 4.53. The van der Waals surface area contributed by atoms with Gasteiger partial charge in [0.1, 0.15) is 5.60 Å². The third-order valence-corrected chi connectivity index (χ3v) is 3.21. The Morgan fingerprint density at radius 2 is 2.21 bits per heavy atom. The molecule has 0 spiro atoms. The van der Waals surface area contributed by atoms with E-state index in [1.54, 1.807) is 37.3 Å². The Bertz CT molecular complexity index is 592. The van der Waals surface area contributed by atoms with E-state index in [0.717, 1.165) is 0 Å². The zero-order chi connectivity index (χ0) is 13.5. The molecular weight excluding hydrogens is 248 g/mol. The van der Waals surface area contributed by atoms with Gasteiger partial charge in [0.25, 0.3) is 0 Å². The van der Waals surface area contributed by atoms with E-state index in [4.69, 9.17) is 4.74 Å². The Morgan fingerprint density at radius 1 is 1.42 bits per heavy atom. The summed E-state index contributed by atoms with van der Waals surface area (Å²) in [5, 5.41) is 18.1. The molecule has 0 bridgehead atoms. The molecule has 0 unspecified atom stereocenters. The van der Waals surface area contributed by atoms with Crippen molar-refractivity contribution < 1.29 is 9.84 Å². The smallest absolute Gasteiger partial charge is 0.228 e. The maximum Gasteiger partial charge on any atom is 0.228 e. The van der Waals surface area contributed by atoms with Gasteiger partial charge in [0.15, 0.2) is 0 Å². The van der Waals surface area contributed by atoms with Crippen LogP contribution in [0.1, 0.15) is 5.69 Å². The molecule has 100 valence electrons. The molecule has 1 saturated heterocycles. The average Bonchev–Trinajstić information content (AvgIpc) is 2.82. The first kappa shape index (κ1) is 11.8. The number of aryl methyl sites for hydroxylation is 1. The zero-order valence-corrected chi connectivity index (χ0v) is 10.7. The topological polar surface area (TPSA) is 89.2 Å². The van der Waals surface area contributed by atoms with Gasteiger partial charge in [-0.3, -0.25) is 0 Å². The average molecular weight is 262 g/mol. The van der Waals surface area contributed by atoms with Gasteiger partial charge < -0.3 is 14.7 Å². The molecule has 1 N–H and O–H groups in total. The predicted molar refractivity (Wildman–Crippen MR) is 65.7 cm³/mol. The molecule has 0 radical (unpaired) electrons. The first-order valence-electron chi connectivity index (χ1n) is 5.82. The van der Waals surface area contributed by atoms with Gasteiger partial charge in [-0.1, -0.05) is 5.21 Å². The van der Waals surface area contributed by atoms with Crippen molar-refractivity contribution in [3.05, 3.63) is 24.2 Å². The molecule has 2 aromatic heterocycles. The fraction of sp³-hybridized carbons (Fsp3) is 0.455. The van der Waals surface area contributed by atoms with Crippen LogP contribution in [0.5, 0.6) is 5.88 Å². The number of methoxy groups -OCH3 is 1. The largest absolute Gasteiger partial charge is 0.481 e. The lowest BCUT2D eigenvalue weighted by Crippen LogP contribution is -2.60. The summed E-state index contributed by atoms with van der Waals surface area (Å²) in [4.78, 5) is 10.3. The van der Waals surface area contributed by atoms with Crippen LogP contribution in [0.15, 0.2) is 18.5 Å². The van der Waals surface area contributed by atoms with Gasteiger partial charge in [0.05, 0.1) is 32.1 Å². The highest BCUT2D eigenvalue weighted by Crippen LogP contribution is 2.33. The number of nitrogens with zero attached hydrogens (tertiary/aromatic N) is 6. The highest BCUT2D eigenvalue weighted by molar-refractivity contribution is 5.40. The maximum absolute atomic E-state index is 10.5. The number of ether oxygens (including phenoxy) is 1. The van der Waals surface area contributed by atoms with Crippen LogP contribution < -0.4 is 9.64 Å². The first-order valence-corrected chi connectivity index (χ1v) is 5.82. The fourth-order valence-electron chi connectivity index (χ4n) is 2.20. The normalized spacial score (nSPS) is 17.1. The molecule has 0 amide bonds. The molecule has 3 heterocycles. The zero-order valence-electron chi connectivity index (χ0n) is 10.7. The molecule has 8 heteroatoms. The Balaban J connectivity index is 1.77. The Labute approximate surface area is 109 Å². The summed E-state index contributed by atoms with van der Waals surface area (Å²) in [6.45, 7) is 0.808. The molecule has 2 aromatic rings. The van der Waals surface area contributed by atoms with Crippen molar-refractivity contribution in [2.75, 3.05) is 25.1 Å². The summed E-state index contributed by atoms with van der Waals surface area (Å²) in [6.07, 6.45) is 3.20.